The summed E-state index contributed by atoms with van der Waals surface area (Å²) >= 11 is 9.88. The van der Waals surface area contributed by atoms with Gasteiger partial charge in [0.1, 0.15) is 5.78 Å². The molecule has 13 heteroatoms. The molecule has 190 valence electrons. The lowest BCUT2D eigenvalue weighted by Crippen LogP contribution is -2.66. The van der Waals surface area contributed by atoms with Crippen molar-refractivity contribution in [2.75, 3.05) is 33.2 Å². The summed E-state index contributed by atoms with van der Waals surface area (Å²) in [5.74, 6) is -0.0532. The topological polar surface area (TPSA) is 128 Å². The van der Waals surface area contributed by atoms with Gasteiger partial charge in [0.2, 0.25) is 0 Å². The first-order valence-corrected chi connectivity index (χ1v) is 12.8. The molecule has 34 heavy (non-hydrogen) atoms. The number of likely N-dealkylation sites (tertiary alicyclic amines) is 1. The third-order valence-corrected chi connectivity index (χ3v) is 7.96. The molecule has 0 aliphatic carbocycles. The molecule has 0 aromatic heterocycles. The Morgan fingerprint density at radius 3 is 2.65 bits per heavy atom. The second-order valence-electron chi connectivity index (χ2n) is 8.89. The first-order chi connectivity index (χ1) is 16.0. The molecule has 3 N–H and O–H groups in total. The van der Waals surface area contributed by atoms with Gasteiger partial charge in [0, 0.05) is 62.6 Å². The second-order valence-corrected chi connectivity index (χ2v) is 10.7. The van der Waals surface area contributed by atoms with E-state index < -0.39 is 29.4 Å². The molecule has 2 saturated heterocycles. The molecular weight excluding hydrogens is 505 g/mol. The predicted molar refractivity (Wildman–Crippen MR) is 129 cm³/mol. The van der Waals surface area contributed by atoms with Gasteiger partial charge < -0.3 is 19.9 Å². The molecular formula is C21H30Cl2N5O5S-. The van der Waals surface area contributed by atoms with Crippen LogP contribution in [0.1, 0.15) is 31.7 Å². The molecule has 1 amide bonds. The van der Waals surface area contributed by atoms with E-state index in [-0.39, 0.29) is 36.9 Å². The van der Waals surface area contributed by atoms with E-state index in [1.54, 1.807) is 6.07 Å². The first kappa shape index (κ1) is 27.3. The van der Waals surface area contributed by atoms with Gasteiger partial charge in [0.15, 0.2) is 0 Å². The number of piperazine rings is 1. The summed E-state index contributed by atoms with van der Waals surface area (Å²) in [6, 6.07) is 4.09. The van der Waals surface area contributed by atoms with Crippen molar-refractivity contribution in [1.29, 1.82) is 0 Å². The number of carboxylic acid groups (broad SMARTS) is 1. The molecule has 0 saturated carbocycles. The van der Waals surface area contributed by atoms with Crippen molar-refractivity contribution in [3.8, 4) is 0 Å². The molecule has 6 atom stereocenters. The number of rotatable bonds is 8. The summed E-state index contributed by atoms with van der Waals surface area (Å²) in [4.78, 5) is 28.0. The molecule has 2 aliphatic rings. The number of nitrogens with zero attached hydrogens (tertiary/aromatic N) is 3. The molecule has 2 heterocycles. The fourth-order valence-electron chi connectivity index (χ4n) is 4.89. The number of hydrazine groups is 1. The lowest BCUT2D eigenvalue weighted by molar-refractivity contribution is -0.124. The van der Waals surface area contributed by atoms with Gasteiger partial charge >= 0.3 is 6.09 Å². The fourth-order valence-corrected chi connectivity index (χ4v) is 5.38. The highest BCUT2D eigenvalue weighted by Crippen LogP contribution is 2.36. The van der Waals surface area contributed by atoms with Gasteiger partial charge in [0.05, 0.1) is 16.1 Å². The molecule has 4 unspecified atom stereocenters. The van der Waals surface area contributed by atoms with Gasteiger partial charge in [-0.05, 0) is 43.9 Å². The zero-order valence-electron chi connectivity index (χ0n) is 19.2. The van der Waals surface area contributed by atoms with E-state index in [9.17, 15) is 23.5 Å². The lowest BCUT2D eigenvalue weighted by atomic mass is 9.96. The number of benzene rings is 1. The van der Waals surface area contributed by atoms with Crippen LogP contribution in [0.15, 0.2) is 18.2 Å². The Labute approximate surface area is 211 Å². The fraction of sp³-hybridized carbons (Fsp3) is 0.619. The Morgan fingerprint density at radius 2 is 2.06 bits per heavy atom. The van der Waals surface area contributed by atoms with Crippen LogP contribution < -0.4 is 10.7 Å². The van der Waals surface area contributed by atoms with Crippen molar-refractivity contribution in [1.82, 2.24) is 25.0 Å². The van der Waals surface area contributed by atoms with Crippen LogP contribution in [-0.2, 0) is 16.1 Å². The van der Waals surface area contributed by atoms with Gasteiger partial charge in [-0.15, -0.1) is 0 Å². The maximum atomic E-state index is 12.9. The number of nitrogens with one attached hydrogen (secondary N) is 2. The van der Waals surface area contributed by atoms with E-state index in [2.05, 4.69) is 15.6 Å². The summed E-state index contributed by atoms with van der Waals surface area (Å²) in [5, 5.41) is 13.8. The summed E-state index contributed by atoms with van der Waals surface area (Å²) < 4.78 is 23.5. The largest absolute Gasteiger partial charge is 0.759 e. The van der Waals surface area contributed by atoms with E-state index in [0.717, 1.165) is 9.98 Å². The molecule has 0 bridgehead atoms. The summed E-state index contributed by atoms with van der Waals surface area (Å²) in [6.45, 7) is 4.76. The van der Waals surface area contributed by atoms with Gasteiger partial charge in [-0.25, -0.2) is 10.2 Å². The number of carbonyl (C=O) groups is 2. The first-order valence-electron chi connectivity index (χ1n) is 11.0. The SMILES string of the molecule is CC(=O)C([C@H]1CN(C(=O)O)C(C)CN1)N1CC(c2ccc(Cl)c(Cl)c2)C[C@H]1CNN(C)S(=O)[O-]. The van der Waals surface area contributed by atoms with Crippen molar-refractivity contribution >= 4 is 46.3 Å². The Balaban J connectivity index is 1.88. The number of amides is 1. The smallest absolute Gasteiger partial charge is 0.407 e. The van der Waals surface area contributed by atoms with Crippen LogP contribution in [0.4, 0.5) is 4.79 Å². The van der Waals surface area contributed by atoms with Gasteiger partial charge in [-0.1, -0.05) is 29.3 Å². The zero-order valence-corrected chi connectivity index (χ0v) is 21.6. The Morgan fingerprint density at radius 1 is 1.35 bits per heavy atom. The second kappa shape index (κ2) is 11.6. The number of ketones is 1. The van der Waals surface area contributed by atoms with Crippen LogP contribution in [0.5, 0.6) is 0 Å². The number of halogens is 2. The van der Waals surface area contributed by atoms with Gasteiger partial charge in [-0.3, -0.25) is 13.9 Å². The van der Waals surface area contributed by atoms with E-state index in [4.69, 9.17) is 23.2 Å². The van der Waals surface area contributed by atoms with E-state index in [0.29, 0.717) is 29.6 Å². The summed E-state index contributed by atoms with van der Waals surface area (Å²) in [6.07, 6.45) is -0.367. The normalized spacial score (nSPS) is 27.7. The number of Topliss-reactive ketones (excluding diaryl/α,β-unsaturated/α-hetero) is 1. The summed E-state index contributed by atoms with van der Waals surface area (Å²) in [5.41, 5.74) is 3.85. The highest BCUT2D eigenvalue weighted by molar-refractivity contribution is 7.76. The van der Waals surface area contributed by atoms with Crippen LogP contribution in [0.3, 0.4) is 0 Å². The third-order valence-electron chi connectivity index (χ3n) is 6.65. The zero-order chi connectivity index (χ0) is 25.2. The average molecular weight is 535 g/mol. The highest BCUT2D eigenvalue weighted by Gasteiger charge is 2.44. The summed E-state index contributed by atoms with van der Waals surface area (Å²) in [7, 11) is 1.40. The Hall–Kier alpha value is -1.31. The van der Waals surface area contributed by atoms with Crippen molar-refractivity contribution < 1.29 is 23.5 Å². The molecule has 10 nitrogen and oxygen atoms in total. The average Bonchev–Trinajstić information content (AvgIpc) is 3.18. The van der Waals surface area contributed by atoms with E-state index in [1.807, 2.05) is 19.1 Å². The van der Waals surface area contributed by atoms with Crippen molar-refractivity contribution in [2.24, 2.45) is 0 Å². The third kappa shape index (κ3) is 6.27. The molecule has 0 spiro atoms. The van der Waals surface area contributed by atoms with Crippen LogP contribution in [0, 0.1) is 0 Å². The lowest BCUT2D eigenvalue weighted by Gasteiger charge is -2.43. The minimum Gasteiger partial charge on any atom is -0.759 e. The van der Waals surface area contributed by atoms with Gasteiger partial charge in [-0.2, -0.15) is 4.41 Å². The minimum atomic E-state index is -2.44. The van der Waals surface area contributed by atoms with Crippen molar-refractivity contribution in [3.63, 3.8) is 0 Å². The van der Waals surface area contributed by atoms with Crippen LogP contribution >= 0.6 is 23.2 Å². The van der Waals surface area contributed by atoms with Gasteiger partial charge in [0.25, 0.3) is 0 Å². The highest BCUT2D eigenvalue weighted by atomic mass is 35.5. The number of carbonyl (C=O) groups excluding carboxylic acids is 1. The minimum absolute atomic E-state index is 0.0320. The van der Waals surface area contributed by atoms with Crippen molar-refractivity contribution in [2.45, 2.75) is 50.4 Å². The number of hydrogen-bond donors (Lipinski definition) is 3. The monoisotopic (exact) mass is 534 g/mol. The van der Waals surface area contributed by atoms with Crippen LogP contribution in [0.25, 0.3) is 0 Å². The number of hydrogen-bond acceptors (Lipinski definition) is 7. The van der Waals surface area contributed by atoms with Crippen LogP contribution in [-0.4, -0.2) is 97.4 Å². The van der Waals surface area contributed by atoms with Crippen LogP contribution in [0.2, 0.25) is 10.0 Å². The molecule has 2 fully saturated rings. The molecule has 1 aromatic carbocycles. The van der Waals surface area contributed by atoms with E-state index >= 15 is 0 Å². The maximum Gasteiger partial charge on any atom is 0.407 e. The predicted octanol–water partition coefficient (Wildman–Crippen LogP) is 1.68. The van der Waals surface area contributed by atoms with Crippen molar-refractivity contribution in [3.05, 3.63) is 33.8 Å². The molecule has 1 aromatic rings. The Bertz CT molecular complexity index is 941. The van der Waals surface area contributed by atoms with E-state index in [1.165, 1.54) is 18.9 Å². The molecule has 3 rings (SSSR count). The molecule has 0 radical (unpaired) electrons. The molecule has 2 aliphatic heterocycles. The Kier molecular flexibility index (Phi) is 9.32. The standard InChI is InChI=1S/C21H31Cl2N5O5S/c1-12-8-24-19(11-27(12)21(30)31)20(13(2)29)28-10-15(14-4-5-17(22)18(23)7-14)6-16(28)9-25-26(3)34(32)33/h4-5,7,12,15-16,19-20,24-25H,6,8-11H2,1-3H3,(H,30,31)(H,32,33)/p-1/t12?,15?,16-,19+,20?/m0/s1. The maximum absolute atomic E-state index is 12.9. The quantitative estimate of drug-likeness (QED) is 0.339.